The van der Waals surface area contributed by atoms with Crippen LogP contribution in [0.15, 0.2) is 36.4 Å². The maximum absolute atomic E-state index is 13.3. The number of carbonyl (C=O) groups excluding carboxylic acids is 1. The smallest absolute Gasteiger partial charge is 0.258 e. The number of hydrogen-bond donors (Lipinski definition) is 0. The Hall–Kier alpha value is -2.24. The zero-order chi connectivity index (χ0) is 23.2. The SMILES string of the molecule is CN1[C@@H]2CC[C@H]1CC(Oc1ccc(N3CCc4cc(OC5CCCC5)ccc4C3=O)cc1Cl)C2. The minimum Gasteiger partial charge on any atom is -0.490 e. The van der Waals surface area contributed by atoms with Crippen LogP contribution in [0.2, 0.25) is 5.02 Å². The predicted molar refractivity (Wildman–Crippen MR) is 134 cm³/mol. The topological polar surface area (TPSA) is 42.0 Å². The first kappa shape index (κ1) is 22.2. The number of amides is 1. The number of fused-ring (bicyclic) bond motifs is 3. The van der Waals surface area contributed by atoms with Crippen molar-refractivity contribution >= 4 is 23.2 Å². The van der Waals surface area contributed by atoms with E-state index in [1.165, 1.54) is 25.7 Å². The Balaban J connectivity index is 1.14. The fourth-order valence-electron chi connectivity index (χ4n) is 6.37. The lowest BCUT2D eigenvalue weighted by molar-refractivity contribution is 0.0662. The summed E-state index contributed by atoms with van der Waals surface area (Å²) >= 11 is 6.64. The summed E-state index contributed by atoms with van der Waals surface area (Å²) in [6.07, 6.45) is 10.7. The zero-order valence-electron chi connectivity index (χ0n) is 19.8. The maximum atomic E-state index is 13.3. The average molecular weight is 481 g/mol. The minimum atomic E-state index is 0.0188. The van der Waals surface area contributed by atoms with Gasteiger partial charge in [0, 0.05) is 29.9 Å². The molecule has 2 aromatic rings. The van der Waals surface area contributed by atoms with E-state index >= 15 is 0 Å². The van der Waals surface area contributed by atoms with Gasteiger partial charge in [-0.1, -0.05) is 11.6 Å². The normalized spacial score (nSPS) is 27.2. The fourth-order valence-corrected chi connectivity index (χ4v) is 6.59. The van der Waals surface area contributed by atoms with Crippen LogP contribution in [-0.2, 0) is 6.42 Å². The second-order valence-corrected chi connectivity index (χ2v) is 10.8. The number of halogens is 1. The third kappa shape index (κ3) is 4.18. The van der Waals surface area contributed by atoms with Crippen LogP contribution in [0.3, 0.4) is 0 Å². The fraction of sp³-hybridized carbons (Fsp3) is 0.536. The van der Waals surface area contributed by atoms with Crippen molar-refractivity contribution in [3.63, 3.8) is 0 Å². The molecule has 3 fully saturated rings. The molecular formula is C28H33ClN2O3. The van der Waals surface area contributed by atoms with Crippen molar-refractivity contribution in [1.29, 1.82) is 0 Å². The molecule has 4 aliphatic rings. The summed E-state index contributed by atoms with van der Waals surface area (Å²) in [7, 11) is 2.23. The minimum absolute atomic E-state index is 0.0188. The van der Waals surface area contributed by atoms with Crippen LogP contribution in [-0.4, -0.2) is 48.7 Å². The molecule has 2 bridgehead atoms. The Kier molecular flexibility index (Phi) is 5.94. The number of hydrogen-bond acceptors (Lipinski definition) is 4. The van der Waals surface area contributed by atoms with E-state index < -0.39 is 0 Å². The molecule has 0 spiro atoms. The first-order valence-corrected chi connectivity index (χ1v) is 13.2. The van der Waals surface area contributed by atoms with Gasteiger partial charge < -0.3 is 19.3 Å². The molecule has 6 rings (SSSR count). The second-order valence-electron chi connectivity index (χ2n) is 10.4. The zero-order valence-corrected chi connectivity index (χ0v) is 20.6. The molecule has 1 saturated carbocycles. The molecule has 1 unspecified atom stereocenters. The van der Waals surface area contributed by atoms with Gasteiger partial charge in [-0.15, -0.1) is 0 Å². The summed E-state index contributed by atoms with van der Waals surface area (Å²) in [5, 5.41) is 0.572. The average Bonchev–Trinajstić information content (AvgIpc) is 3.39. The molecule has 6 heteroatoms. The van der Waals surface area contributed by atoms with Crippen molar-refractivity contribution < 1.29 is 14.3 Å². The van der Waals surface area contributed by atoms with Crippen LogP contribution >= 0.6 is 11.6 Å². The van der Waals surface area contributed by atoms with Crippen LogP contribution in [0.25, 0.3) is 0 Å². The molecule has 1 amide bonds. The Morgan fingerprint density at radius 2 is 1.68 bits per heavy atom. The summed E-state index contributed by atoms with van der Waals surface area (Å²) in [5.41, 5.74) is 2.64. The third-order valence-corrected chi connectivity index (χ3v) is 8.63. The molecule has 0 N–H and O–H groups in total. The van der Waals surface area contributed by atoms with Gasteiger partial charge in [0.05, 0.1) is 11.1 Å². The molecule has 2 aromatic carbocycles. The first-order valence-electron chi connectivity index (χ1n) is 12.8. The van der Waals surface area contributed by atoms with E-state index in [4.69, 9.17) is 21.1 Å². The van der Waals surface area contributed by atoms with Gasteiger partial charge in [-0.2, -0.15) is 0 Å². The molecule has 0 aromatic heterocycles. The molecule has 34 heavy (non-hydrogen) atoms. The summed E-state index contributed by atoms with van der Waals surface area (Å²) < 4.78 is 12.5. The van der Waals surface area contributed by atoms with Gasteiger partial charge in [0.2, 0.25) is 0 Å². The van der Waals surface area contributed by atoms with Gasteiger partial charge in [-0.05, 0) is 107 Å². The maximum Gasteiger partial charge on any atom is 0.258 e. The molecule has 3 heterocycles. The number of piperidine rings is 1. The van der Waals surface area contributed by atoms with E-state index in [9.17, 15) is 4.79 Å². The summed E-state index contributed by atoms with van der Waals surface area (Å²) in [6.45, 7) is 0.633. The van der Waals surface area contributed by atoms with Crippen molar-refractivity contribution in [2.24, 2.45) is 0 Å². The van der Waals surface area contributed by atoms with Crippen LogP contribution in [0.5, 0.6) is 11.5 Å². The Bertz CT molecular complexity index is 1070. The van der Waals surface area contributed by atoms with Crippen LogP contribution in [0, 0.1) is 0 Å². The molecule has 1 aliphatic carbocycles. The standard InChI is InChI=1S/C28H33ClN2O3/c1-30-19-6-7-20(30)16-24(15-19)34-27-11-8-21(17-26(27)29)31-13-12-18-14-23(9-10-25(18)28(31)32)33-22-4-2-3-5-22/h8-11,14,17,19-20,22,24H,2-7,12-13,15-16H2,1H3/t19-,20+,24?. The molecule has 0 radical (unpaired) electrons. The molecule has 2 saturated heterocycles. The predicted octanol–water partition coefficient (Wildman–Crippen LogP) is 5.87. The van der Waals surface area contributed by atoms with E-state index in [-0.39, 0.29) is 12.0 Å². The highest BCUT2D eigenvalue weighted by atomic mass is 35.5. The highest BCUT2D eigenvalue weighted by Gasteiger charge is 2.39. The van der Waals surface area contributed by atoms with Crippen LogP contribution in [0.1, 0.15) is 67.3 Å². The molecular weight excluding hydrogens is 448 g/mol. The number of rotatable bonds is 5. The molecule has 3 atom stereocenters. The van der Waals surface area contributed by atoms with Crippen molar-refractivity contribution in [2.75, 3.05) is 18.5 Å². The van der Waals surface area contributed by atoms with Gasteiger partial charge in [0.25, 0.3) is 5.91 Å². The number of carbonyl (C=O) groups is 1. The third-order valence-electron chi connectivity index (χ3n) is 8.34. The van der Waals surface area contributed by atoms with Crippen molar-refractivity contribution in [2.45, 2.75) is 82.1 Å². The largest absolute Gasteiger partial charge is 0.490 e. The van der Waals surface area contributed by atoms with Gasteiger partial charge >= 0.3 is 0 Å². The van der Waals surface area contributed by atoms with Gasteiger partial charge in [0.1, 0.15) is 17.6 Å². The summed E-state index contributed by atoms with van der Waals surface area (Å²) in [4.78, 5) is 17.6. The van der Waals surface area contributed by atoms with Crippen LogP contribution < -0.4 is 14.4 Å². The quantitative estimate of drug-likeness (QED) is 0.536. The lowest BCUT2D eigenvalue weighted by atomic mass is 9.98. The summed E-state index contributed by atoms with van der Waals surface area (Å²) in [5.74, 6) is 1.63. The second kappa shape index (κ2) is 9.09. The molecule has 180 valence electrons. The lowest BCUT2D eigenvalue weighted by Gasteiger charge is -2.36. The van der Waals surface area contributed by atoms with E-state index in [0.717, 1.165) is 60.4 Å². The van der Waals surface area contributed by atoms with E-state index in [1.54, 1.807) is 0 Å². The van der Waals surface area contributed by atoms with Crippen LogP contribution in [0.4, 0.5) is 5.69 Å². The first-order chi connectivity index (χ1) is 16.5. The highest BCUT2D eigenvalue weighted by molar-refractivity contribution is 6.32. The summed E-state index contributed by atoms with van der Waals surface area (Å²) in [6, 6.07) is 12.9. The van der Waals surface area contributed by atoms with Gasteiger partial charge in [-0.25, -0.2) is 0 Å². The monoisotopic (exact) mass is 480 g/mol. The molecule has 3 aliphatic heterocycles. The number of nitrogens with zero attached hydrogens (tertiary/aromatic N) is 2. The van der Waals surface area contributed by atoms with E-state index in [2.05, 4.69) is 18.0 Å². The number of ether oxygens (including phenoxy) is 2. The van der Waals surface area contributed by atoms with Gasteiger partial charge in [0.15, 0.2) is 0 Å². The van der Waals surface area contributed by atoms with Gasteiger partial charge in [-0.3, -0.25) is 4.79 Å². The van der Waals surface area contributed by atoms with Crippen molar-refractivity contribution in [1.82, 2.24) is 4.90 Å². The Labute approximate surface area is 207 Å². The Morgan fingerprint density at radius 3 is 2.41 bits per heavy atom. The van der Waals surface area contributed by atoms with E-state index in [1.807, 2.05) is 35.2 Å². The Morgan fingerprint density at radius 1 is 0.912 bits per heavy atom. The number of anilines is 1. The number of benzene rings is 2. The highest BCUT2D eigenvalue weighted by Crippen LogP contribution is 2.38. The van der Waals surface area contributed by atoms with E-state index in [0.29, 0.717) is 29.8 Å². The molecule has 5 nitrogen and oxygen atoms in total. The van der Waals surface area contributed by atoms with Crippen molar-refractivity contribution in [3.05, 3.63) is 52.5 Å². The lowest BCUT2D eigenvalue weighted by Crippen LogP contribution is -2.43. The van der Waals surface area contributed by atoms with Crippen molar-refractivity contribution in [3.8, 4) is 11.5 Å².